The standard InChI is InChI=1S/C18H23N5O/c1-15(13-23-10-3-8-21-23)20-12-16-4-6-17(7-5-16)24-14-18-19-9-11-22(18)2/h3-11,15,20H,12-14H2,1-2H3/t15-/m0/s1. The Labute approximate surface area is 142 Å². The maximum absolute atomic E-state index is 5.77. The molecule has 0 unspecified atom stereocenters. The molecule has 1 N–H and O–H groups in total. The summed E-state index contributed by atoms with van der Waals surface area (Å²) in [5, 5.41) is 7.73. The van der Waals surface area contributed by atoms with Crippen LogP contribution < -0.4 is 10.1 Å². The molecule has 0 saturated carbocycles. The average Bonchev–Trinajstić information content (AvgIpc) is 3.24. The van der Waals surface area contributed by atoms with Crippen LogP contribution in [0.3, 0.4) is 0 Å². The molecule has 0 bridgehead atoms. The first-order valence-corrected chi connectivity index (χ1v) is 8.09. The van der Waals surface area contributed by atoms with Crippen molar-refractivity contribution in [2.75, 3.05) is 0 Å². The largest absolute Gasteiger partial charge is 0.486 e. The Kier molecular flexibility index (Phi) is 5.28. The Morgan fingerprint density at radius 1 is 1.17 bits per heavy atom. The summed E-state index contributed by atoms with van der Waals surface area (Å²) in [6.07, 6.45) is 7.47. The van der Waals surface area contributed by atoms with Gasteiger partial charge in [0.15, 0.2) is 0 Å². The second-order valence-corrected chi connectivity index (χ2v) is 5.90. The predicted octanol–water partition coefficient (Wildman–Crippen LogP) is 2.37. The van der Waals surface area contributed by atoms with E-state index in [0.717, 1.165) is 24.7 Å². The van der Waals surface area contributed by atoms with Gasteiger partial charge in [-0.25, -0.2) is 4.98 Å². The van der Waals surface area contributed by atoms with Crippen molar-refractivity contribution < 1.29 is 4.74 Å². The molecule has 6 nitrogen and oxygen atoms in total. The summed E-state index contributed by atoms with van der Waals surface area (Å²) in [6.45, 7) is 4.31. The third-order valence-corrected chi connectivity index (χ3v) is 3.89. The topological polar surface area (TPSA) is 56.9 Å². The van der Waals surface area contributed by atoms with Crippen molar-refractivity contribution in [3.8, 4) is 5.75 Å². The van der Waals surface area contributed by atoms with E-state index < -0.39 is 0 Å². The van der Waals surface area contributed by atoms with Gasteiger partial charge in [-0.1, -0.05) is 12.1 Å². The second kappa shape index (κ2) is 7.79. The Balaban J connectivity index is 1.45. The van der Waals surface area contributed by atoms with Crippen molar-refractivity contribution in [3.05, 3.63) is 66.5 Å². The molecule has 126 valence electrons. The lowest BCUT2D eigenvalue weighted by Gasteiger charge is -2.14. The Hall–Kier alpha value is -2.60. The number of hydrogen-bond donors (Lipinski definition) is 1. The summed E-state index contributed by atoms with van der Waals surface area (Å²) in [6, 6.07) is 10.5. The highest BCUT2D eigenvalue weighted by atomic mass is 16.5. The molecule has 0 radical (unpaired) electrons. The molecule has 3 aromatic rings. The van der Waals surface area contributed by atoms with Crippen LogP contribution >= 0.6 is 0 Å². The normalized spacial score (nSPS) is 12.2. The van der Waals surface area contributed by atoms with Crippen molar-refractivity contribution in [3.63, 3.8) is 0 Å². The zero-order chi connectivity index (χ0) is 16.8. The lowest BCUT2D eigenvalue weighted by Crippen LogP contribution is -2.30. The maximum Gasteiger partial charge on any atom is 0.146 e. The highest BCUT2D eigenvalue weighted by Crippen LogP contribution is 2.14. The van der Waals surface area contributed by atoms with Gasteiger partial charge in [0.05, 0.1) is 6.54 Å². The SMILES string of the molecule is C[C@@H](Cn1cccn1)NCc1ccc(OCc2nccn2C)cc1. The Morgan fingerprint density at radius 2 is 2.00 bits per heavy atom. The third-order valence-electron chi connectivity index (χ3n) is 3.89. The number of aryl methyl sites for hydroxylation is 1. The van der Waals surface area contributed by atoms with E-state index in [0.29, 0.717) is 12.6 Å². The summed E-state index contributed by atoms with van der Waals surface area (Å²) >= 11 is 0. The van der Waals surface area contributed by atoms with Crippen LogP contribution in [0.4, 0.5) is 0 Å². The van der Waals surface area contributed by atoms with E-state index in [1.807, 2.05) is 46.9 Å². The molecule has 1 atom stereocenters. The van der Waals surface area contributed by atoms with Crippen LogP contribution in [-0.2, 0) is 26.7 Å². The fourth-order valence-electron chi connectivity index (χ4n) is 2.43. The van der Waals surface area contributed by atoms with Crippen molar-refractivity contribution in [1.29, 1.82) is 0 Å². The van der Waals surface area contributed by atoms with Crippen LogP contribution in [0.1, 0.15) is 18.3 Å². The molecule has 1 aromatic carbocycles. The van der Waals surface area contributed by atoms with Gasteiger partial charge < -0.3 is 14.6 Å². The number of rotatable bonds is 8. The van der Waals surface area contributed by atoms with Gasteiger partial charge in [0.2, 0.25) is 0 Å². The number of ether oxygens (including phenoxy) is 1. The molecule has 0 aliphatic rings. The first-order valence-electron chi connectivity index (χ1n) is 8.09. The first-order chi connectivity index (χ1) is 11.7. The molecule has 2 aromatic heterocycles. The molecular weight excluding hydrogens is 302 g/mol. The van der Waals surface area contributed by atoms with Crippen LogP contribution in [0.15, 0.2) is 55.1 Å². The average molecular weight is 325 g/mol. The van der Waals surface area contributed by atoms with Crippen LogP contribution in [0.5, 0.6) is 5.75 Å². The van der Waals surface area contributed by atoms with Crippen LogP contribution in [0.25, 0.3) is 0 Å². The van der Waals surface area contributed by atoms with E-state index in [4.69, 9.17) is 4.74 Å². The van der Waals surface area contributed by atoms with Crippen LogP contribution in [0, 0.1) is 0 Å². The van der Waals surface area contributed by atoms with E-state index in [2.05, 4.69) is 34.5 Å². The number of nitrogens with zero attached hydrogens (tertiary/aromatic N) is 4. The number of imidazole rings is 1. The van der Waals surface area contributed by atoms with Crippen LogP contribution in [0.2, 0.25) is 0 Å². The lowest BCUT2D eigenvalue weighted by atomic mass is 10.2. The van der Waals surface area contributed by atoms with Crippen molar-refractivity contribution in [1.82, 2.24) is 24.6 Å². The van der Waals surface area contributed by atoms with E-state index in [9.17, 15) is 0 Å². The minimum Gasteiger partial charge on any atom is -0.486 e. The minimum atomic E-state index is 0.351. The van der Waals surface area contributed by atoms with Crippen molar-refractivity contribution in [2.45, 2.75) is 32.7 Å². The fourth-order valence-corrected chi connectivity index (χ4v) is 2.43. The van der Waals surface area contributed by atoms with Gasteiger partial charge in [-0.15, -0.1) is 0 Å². The molecule has 0 saturated heterocycles. The molecule has 0 aliphatic carbocycles. The molecule has 3 rings (SSSR count). The van der Waals surface area contributed by atoms with Gasteiger partial charge in [0.1, 0.15) is 18.2 Å². The summed E-state index contributed by atoms with van der Waals surface area (Å²) in [5.74, 6) is 1.76. The van der Waals surface area contributed by atoms with Gasteiger partial charge in [-0.3, -0.25) is 4.68 Å². The molecule has 2 heterocycles. The molecule has 6 heteroatoms. The minimum absolute atomic E-state index is 0.351. The molecular formula is C18H23N5O. The smallest absolute Gasteiger partial charge is 0.146 e. The van der Waals surface area contributed by atoms with Crippen molar-refractivity contribution >= 4 is 0 Å². The Bertz CT molecular complexity index is 733. The second-order valence-electron chi connectivity index (χ2n) is 5.90. The highest BCUT2D eigenvalue weighted by molar-refractivity contribution is 5.27. The monoisotopic (exact) mass is 325 g/mol. The zero-order valence-corrected chi connectivity index (χ0v) is 14.1. The van der Waals surface area contributed by atoms with Gasteiger partial charge in [-0.2, -0.15) is 5.10 Å². The summed E-state index contributed by atoms with van der Waals surface area (Å²) < 4.78 is 9.66. The van der Waals surface area contributed by atoms with E-state index in [1.165, 1.54) is 5.56 Å². The summed E-state index contributed by atoms with van der Waals surface area (Å²) in [4.78, 5) is 4.25. The molecule has 0 fully saturated rings. The zero-order valence-electron chi connectivity index (χ0n) is 14.1. The molecule has 0 spiro atoms. The fraction of sp³-hybridized carbons (Fsp3) is 0.333. The van der Waals surface area contributed by atoms with E-state index in [1.54, 1.807) is 12.4 Å². The quantitative estimate of drug-likeness (QED) is 0.691. The third kappa shape index (κ3) is 4.45. The summed E-state index contributed by atoms with van der Waals surface area (Å²) in [5.41, 5.74) is 1.23. The van der Waals surface area contributed by atoms with E-state index >= 15 is 0 Å². The van der Waals surface area contributed by atoms with Gasteiger partial charge in [0.25, 0.3) is 0 Å². The Morgan fingerprint density at radius 3 is 2.67 bits per heavy atom. The number of nitrogens with one attached hydrogen (secondary N) is 1. The number of benzene rings is 1. The van der Waals surface area contributed by atoms with Crippen LogP contribution in [-0.4, -0.2) is 25.4 Å². The predicted molar refractivity (Wildman–Crippen MR) is 92.5 cm³/mol. The number of aromatic nitrogens is 4. The van der Waals surface area contributed by atoms with Gasteiger partial charge in [-0.05, 0) is 30.7 Å². The van der Waals surface area contributed by atoms with Gasteiger partial charge in [0, 0.05) is 44.4 Å². The van der Waals surface area contributed by atoms with E-state index in [-0.39, 0.29) is 0 Å². The maximum atomic E-state index is 5.77. The first kappa shape index (κ1) is 16.3. The number of hydrogen-bond acceptors (Lipinski definition) is 4. The molecule has 0 aliphatic heterocycles. The summed E-state index contributed by atoms with van der Waals surface area (Å²) in [7, 11) is 1.96. The molecule has 24 heavy (non-hydrogen) atoms. The van der Waals surface area contributed by atoms with Gasteiger partial charge >= 0.3 is 0 Å². The molecule has 0 amide bonds. The lowest BCUT2D eigenvalue weighted by molar-refractivity contribution is 0.291. The highest BCUT2D eigenvalue weighted by Gasteiger charge is 2.04. The van der Waals surface area contributed by atoms with Crippen molar-refractivity contribution in [2.24, 2.45) is 7.05 Å².